The van der Waals surface area contributed by atoms with Crippen molar-refractivity contribution in [3.8, 4) is 5.69 Å². The fourth-order valence-corrected chi connectivity index (χ4v) is 4.16. The number of hydrogen-bond acceptors (Lipinski definition) is 4. The number of aryl methyl sites for hydroxylation is 1. The lowest BCUT2D eigenvalue weighted by molar-refractivity contribution is 0.0697. The van der Waals surface area contributed by atoms with E-state index in [1.807, 2.05) is 29.2 Å². The number of nitrogens with zero attached hydrogens (tertiary/aromatic N) is 4. The fourth-order valence-electron chi connectivity index (χ4n) is 4.16. The zero-order valence-corrected chi connectivity index (χ0v) is 17.3. The Bertz CT molecular complexity index is 1310. The van der Waals surface area contributed by atoms with Crippen LogP contribution in [0.25, 0.3) is 16.7 Å². The first-order valence-electron chi connectivity index (χ1n) is 10.5. The molecule has 2 aromatic heterocycles. The van der Waals surface area contributed by atoms with Gasteiger partial charge in [-0.2, -0.15) is 9.78 Å². The molecule has 0 bridgehead atoms. The number of piperidine rings is 1. The number of likely N-dealkylation sites (tertiary alicyclic amines) is 1. The smallest absolute Gasteiger partial charge is 0.274 e. The molecule has 1 amide bonds. The van der Waals surface area contributed by atoms with Gasteiger partial charge in [0.25, 0.3) is 11.5 Å². The molecule has 3 heterocycles. The van der Waals surface area contributed by atoms with E-state index in [-0.39, 0.29) is 23.1 Å². The van der Waals surface area contributed by atoms with Gasteiger partial charge in [0.1, 0.15) is 11.5 Å². The molecule has 4 aromatic rings. The Morgan fingerprint density at radius 2 is 1.94 bits per heavy atom. The maximum absolute atomic E-state index is 13.2. The van der Waals surface area contributed by atoms with E-state index in [9.17, 15) is 9.59 Å². The average molecular weight is 413 g/mol. The van der Waals surface area contributed by atoms with Gasteiger partial charge in [0.05, 0.1) is 16.7 Å². The number of aromatic amines is 1. The predicted molar refractivity (Wildman–Crippen MR) is 119 cm³/mol. The molecule has 1 fully saturated rings. The van der Waals surface area contributed by atoms with Crippen LogP contribution in [0.5, 0.6) is 0 Å². The molecule has 7 heteroatoms. The second-order valence-corrected chi connectivity index (χ2v) is 8.04. The second kappa shape index (κ2) is 7.83. The standard InChI is InChI=1S/C24H23N5O2/c1-16-9-10-19-21(14-16)26-23(25-19)17-6-5-13-28(15-17)24(31)20-11-12-22(30)29(27-20)18-7-3-2-4-8-18/h2-4,7-12,14,17H,5-6,13,15H2,1H3,(H,25,26). The minimum atomic E-state index is -0.267. The van der Waals surface area contributed by atoms with E-state index in [1.54, 1.807) is 12.1 Å². The van der Waals surface area contributed by atoms with E-state index in [4.69, 9.17) is 4.98 Å². The molecule has 1 atom stereocenters. The first-order valence-corrected chi connectivity index (χ1v) is 10.5. The molecule has 0 aliphatic carbocycles. The zero-order chi connectivity index (χ0) is 21.4. The highest BCUT2D eigenvalue weighted by molar-refractivity contribution is 5.92. The number of carbonyl (C=O) groups is 1. The van der Waals surface area contributed by atoms with E-state index in [1.165, 1.54) is 22.4 Å². The Hall–Kier alpha value is -3.74. The first-order chi connectivity index (χ1) is 15.1. The zero-order valence-electron chi connectivity index (χ0n) is 17.3. The number of nitrogens with one attached hydrogen (secondary N) is 1. The molecule has 2 aromatic carbocycles. The lowest BCUT2D eigenvalue weighted by Crippen LogP contribution is -2.40. The number of aromatic nitrogens is 4. The predicted octanol–water partition coefficient (Wildman–Crippen LogP) is 3.44. The average Bonchev–Trinajstić information content (AvgIpc) is 3.23. The summed E-state index contributed by atoms with van der Waals surface area (Å²) in [7, 11) is 0. The summed E-state index contributed by atoms with van der Waals surface area (Å²) in [6.07, 6.45) is 1.87. The molecule has 156 valence electrons. The number of amides is 1. The van der Waals surface area contributed by atoms with Crippen LogP contribution >= 0.6 is 0 Å². The van der Waals surface area contributed by atoms with Crippen LogP contribution < -0.4 is 5.56 Å². The monoisotopic (exact) mass is 413 g/mol. The molecule has 1 aliphatic heterocycles. The van der Waals surface area contributed by atoms with Crippen molar-refractivity contribution >= 4 is 16.9 Å². The van der Waals surface area contributed by atoms with Crippen LogP contribution in [0.2, 0.25) is 0 Å². The summed E-state index contributed by atoms with van der Waals surface area (Å²) in [6.45, 7) is 3.30. The molecular formula is C24H23N5O2. The van der Waals surface area contributed by atoms with Gasteiger partial charge < -0.3 is 9.88 Å². The van der Waals surface area contributed by atoms with Gasteiger partial charge in [-0.15, -0.1) is 0 Å². The Kier molecular flexibility index (Phi) is 4.86. The Balaban J connectivity index is 1.40. The van der Waals surface area contributed by atoms with Crippen molar-refractivity contribution < 1.29 is 4.79 Å². The van der Waals surface area contributed by atoms with Crippen LogP contribution in [0.15, 0.2) is 65.5 Å². The number of H-pyrrole nitrogens is 1. The summed E-state index contributed by atoms with van der Waals surface area (Å²) in [5.74, 6) is 0.895. The number of benzene rings is 2. The number of imidazole rings is 1. The SMILES string of the molecule is Cc1ccc2nc(C3CCCN(C(=O)c4ccc(=O)n(-c5ccccc5)n4)C3)[nH]c2c1. The molecule has 1 aliphatic rings. The number of para-hydroxylation sites is 1. The van der Waals surface area contributed by atoms with Crippen LogP contribution in [0.1, 0.15) is 40.6 Å². The van der Waals surface area contributed by atoms with Gasteiger partial charge in [-0.1, -0.05) is 24.3 Å². The maximum atomic E-state index is 13.2. The number of carbonyl (C=O) groups excluding carboxylic acids is 1. The third-order valence-electron chi connectivity index (χ3n) is 5.77. The van der Waals surface area contributed by atoms with Crippen LogP contribution in [0, 0.1) is 6.92 Å². The van der Waals surface area contributed by atoms with Gasteiger partial charge in [-0.05, 0) is 55.7 Å². The lowest BCUT2D eigenvalue weighted by Gasteiger charge is -2.31. The summed E-state index contributed by atoms with van der Waals surface area (Å²) in [6, 6.07) is 18.2. The highest BCUT2D eigenvalue weighted by atomic mass is 16.2. The lowest BCUT2D eigenvalue weighted by atomic mass is 9.97. The molecule has 1 unspecified atom stereocenters. The van der Waals surface area contributed by atoms with Crippen molar-refractivity contribution in [2.45, 2.75) is 25.7 Å². The third kappa shape index (κ3) is 3.74. The molecule has 7 nitrogen and oxygen atoms in total. The van der Waals surface area contributed by atoms with Crippen molar-refractivity contribution in [3.63, 3.8) is 0 Å². The molecule has 1 saturated heterocycles. The highest BCUT2D eigenvalue weighted by Crippen LogP contribution is 2.27. The van der Waals surface area contributed by atoms with Gasteiger partial charge in [-0.3, -0.25) is 9.59 Å². The third-order valence-corrected chi connectivity index (χ3v) is 5.77. The molecular weight excluding hydrogens is 390 g/mol. The fraction of sp³-hybridized carbons (Fsp3) is 0.250. The van der Waals surface area contributed by atoms with E-state index in [2.05, 4.69) is 29.1 Å². The van der Waals surface area contributed by atoms with Gasteiger partial charge in [-0.25, -0.2) is 4.98 Å². The molecule has 0 spiro atoms. The normalized spacial score (nSPS) is 16.5. The van der Waals surface area contributed by atoms with Crippen molar-refractivity contribution in [2.24, 2.45) is 0 Å². The van der Waals surface area contributed by atoms with E-state index < -0.39 is 0 Å². The number of fused-ring (bicyclic) bond motifs is 1. The van der Waals surface area contributed by atoms with Crippen LogP contribution in [-0.4, -0.2) is 43.6 Å². The topological polar surface area (TPSA) is 83.9 Å². The summed E-state index contributed by atoms with van der Waals surface area (Å²) < 4.78 is 1.27. The van der Waals surface area contributed by atoms with E-state index >= 15 is 0 Å². The van der Waals surface area contributed by atoms with E-state index in [0.29, 0.717) is 18.8 Å². The summed E-state index contributed by atoms with van der Waals surface area (Å²) in [5, 5.41) is 4.35. The van der Waals surface area contributed by atoms with Gasteiger partial charge in [0, 0.05) is 25.1 Å². The summed E-state index contributed by atoms with van der Waals surface area (Å²) >= 11 is 0. The highest BCUT2D eigenvalue weighted by Gasteiger charge is 2.28. The van der Waals surface area contributed by atoms with Crippen molar-refractivity contribution in [2.75, 3.05) is 13.1 Å². The summed E-state index contributed by atoms with van der Waals surface area (Å²) in [5.41, 5.74) is 3.79. The van der Waals surface area contributed by atoms with Crippen molar-refractivity contribution in [1.29, 1.82) is 0 Å². The van der Waals surface area contributed by atoms with Crippen LogP contribution in [0.4, 0.5) is 0 Å². The number of rotatable bonds is 3. The largest absolute Gasteiger partial charge is 0.342 e. The van der Waals surface area contributed by atoms with Crippen LogP contribution in [0.3, 0.4) is 0 Å². The second-order valence-electron chi connectivity index (χ2n) is 8.04. The molecule has 5 rings (SSSR count). The van der Waals surface area contributed by atoms with Gasteiger partial charge >= 0.3 is 0 Å². The molecule has 1 N–H and O–H groups in total. The minimum Gasteiger partial charge on any atom is -0.342 e. The van der Waals surface area contributed by atoms with Gasteiger partial charge in [0.2, 0.25) is 0 Å². The minimum absolute atomic E-state index is 0.144. The van der Waals surface area contributed by atoms with E-state index in [0.717, 1.165) is 29.7 Å². The molecule has 31 heavy (non-hydrogen) atoms. The number of hydrogen-bond donors (Lipinski definition) is 1. The molecule has 0 saturated carbocycles. The van der Waals surface area contributed by atoms with Gasteiger partial charge in [0.15, 0.2) is 0 Å². The molecule has 0 radical (unpaired) electrons. The maximum Gasteiger partial charge on any atom is 0.274 e. The van der Waals surface area contributed by atoms with Crippen molar-refractivity contribution in [1.82, 2.24) is 24.6 Å². The first kappa shape index (κ1) is 19.2. The Morgan fingerprint density at radius 1 is 1.10 bits per heavy atom. The van der Waals surface area contributed by atoms with Crippen LogP contribution in [-0.2, 0) is 0 Å². The quantitative estimate of drug-likeness (QED) is 0.558. The Labute approximate surface area is 179 Å². The van der Waals surface area contributed by atoms with Crippen molar-refractivity contribution in [3.05, 3.63) is 88.1 Å². The Morgan fingerprint density at radius 3 is 2.77 bits per heavy atom. The summed E-state index contributed by atoms with van der Waals surface area (Å²) in [4.78, 5) is 35.5.